The average Bonchev–Trinajstić information content (AvgIpc) is 3.46. The summed E-state index contributed by atoms with van der Waals surface area (Å²) >= 11 is 0. The Morgan fingerprint density at radius 3 is 2.53 bits per heavy atom. The molecule has 4 aromatic rings. The number of hydrogen-bond donors (Lipinski definition) is 1. The van der Waals surface area contributed by atoms with Crippen LogP contribution in [-0.2, 0) is 19.2 Å². The lowest BCUT2D eigenvalue weighted by atomic mass is 9.85. The second-order valence-electron chi connectivity index (χ2n) is 8.80. The highest BCUT2D eigenvalue weighted by Gasteiger charge is 2.42. The van der Waals surface area contributed by atoms with Crippen LogP contribution in [0, 0.1) is 11.6 Å². The first-order valence-corrected chi connectivity index (χ1v) is 11.3. The molecule has 1 aliphatic heterocycles. The minimum Gasteiger partial charge on any atom is -0.381 e. The molecule has 0 amide bonds. The van der Waals surface area contributed by atoms with Crippen LogP contribution in [0.4, 0.5) is 14.7 Å². The molecular weight excluding hydrogens is 440 g/mol. The molecule has 2 aromatic carbocycles. The maximum Gasteiger partial charge on any atom is 0.206 e. The smallest absolute Gasteiger partial charge is 0.206 e. The summed E-state index contributed by atoms with van der Waals surface area (Å²) in [5.74, 6) is -0.572. The third kappa shape index (κ3) is 3.92. The van der Waals surface area contributed by atoms with Gasteiger partial charge in [-0.05, 0) is 25.1 Å². The number of para-hydroxylation sites is 2. The highest BCUT2D eigenvalue weighted by molar-refractivity contribution is 5.78. The molecule has 5 rings (SSSR count). The van der Waals surface area contributed by atoms with E-state index in [4.69, 9.17) is 4.98 Å². The first-order valence-electron chi connectivity index (χ1n) is 11.3. The Kier molecular flexibility index (Phi) is 5.78. The molecule has 10 heteroatoms. The van der Waals surface area contributed by atoms with Gasteiger partial charge in [-0.3, -0.25) is 4.90 Å². The quantitative estimate of drug-likeness (QED) is 0.470. The van der Waals surface area contributed by atoms with Crippen LogP contribution >= 0.6 is 0 Å². The molecule has 178 valence electrons. The Balaban J connectivity index is 1.39. The van der Waals surface area contributed by atoms with Gasteiger partial charge in [-0.1, -0.05) is 18.2 Å². The number of fused-ring (bicyclic) bond motifs is 1. The Morgan fingerprint density at radius 2 is 1.85 bits per heavy atom. The molecule has 1 fully saturated rings. The summed E-state index contributed by atoms with van der Waals surface area (Å²) in [6, 6.07) is 10.8. The molecule has 2 aromatic heterocycles. The van der Waals surface area contributed by atoms with E-state index in [0.717, 1.165) is 23.0 Å². The molecule has 2 unspecified atom stereocenters. The summed E-state index contributed by atoms with van der Waals surface area (Å²) in [5.41, 5.74) is 0.410. The molecule has 0 aliphatic carbocycles. The number of aromatic nitrogens is 5. The lowest BCUT2D eigenvalue weighted by molar-refractivity contribution is -0.0650. The fourth-order valence-electron chi connectivity index (χ4n) is 4.87. The predicted molar refractivity (Wildman–Crippen MR) is 124 cm³/mol. The molecule has 0 spiro atoms. The fraction of sp³-hybridized carbons (Fsp3) is 0.375. The minimum absolute atomic E-state index is 0.0122. The topological polar surface area (TPSA) is 75.2 Å². The van der Waals surface area contributed by atoms with Gasteiger partial charge in [0.2, 0.25) is 5.95 Å². The second-order valence-corrected chi connectivity index (χ2v) is 8.80. The van der Waals surface area contributed by atoms with Crippen LogP contribution in [0.15, 0.2) is 55.1 Å². The zero-order valence-corrected chi connectivity index (χ0v) is 19.1. The second kappa shape index (κ2) is 8.77. The number of halogens is 2. The maximum atomic E-state index is 14.8. The summed E-state index contributed by atoms with van der Waals surface area (Å²) in [4.78, 5) is 13.1. The van der Waals surface area contributed by atoms with Crippen LogP contribution in [0.2, 0.25) is 0 Å². The van der Waals surface area contributed by atoms with Crippen molar-refractivity contribution in [1.82, 2.24) is 29.2 Å². The maximum absolute atomic E-state index is 14.8. The molecule has 1 aliphatic rings. The van der Waals surface area contributed by atoms with Gasteiger partial charge in [-0.25, -0.2) is 23.4 Å². The fourth-order valence-corrected chi connectivity index (χ4v) is 4.87. The lowest BCUT2D eigenvalue weighted by Gasteiger charge is -2.45. The SMILES string of the molecule is CC(N1CCN(c2nc3ccccc3n2C)CC1)C(O)(Cn1cncn1)c1ccc(F)cc1F. The Bertz CT molecular complexity index is 1280. The van der Waals surface area contributed by atoms with E-state index in [0.29, 0.717) is 26.2 Å². The van der Waals surface area contributed by atoms with Crippen molar-refractivity contribution >= 4 is 17.0 Å². The molecule has 8 nitrogen and oxygen atoms in total. The average molecular weight is 468 g/mol. The van der Waals surface area contributed by atoms with Crippen LogP contribution in [0.3, 0.4) is 0 Å². The first-order chi connectivity index (χ1) is 16.4. The molecule has 34 heavy (non-hydrogen) atoms. The molecule has 0 radical (unpaired) electrons. The largest absolute Gasteiger partial charge is 0.381 e. The Labute approximate surface area is 196 Å². The predicted octanol–water partition coefficient (Wildman–Crippen LogP) is 2.54. The Hall–Kier alpha value is -3.37. The van der Waals surface area contributed by atoms with Crippen molar-refractivity contribution in [1.29, 1.82) is 0 Å². The summed E-state index contributed by atoms with van der Waals surface area (Å²) in [6.07, 6.45) is 2.84. The molecule has 0 saturated carbocycles. The summed E-state index contributed by atoms with van der Waals surface area (Å²) in [5, 5.41) is 15.9. The van der Waals surface area contributed by atoms with Crippen molar-refractivity contribution < 1.29 is 13.9 Å². The van der Waals surface area contributed by atoms with Gasteiger partial charge in [0, 0.05) is 50.9 Å². The van der Waals surface area contributed by atoms with Crippen LogP contribution in [0.25, 0.3) is 11.0 Å². The molecule has 3 heterocycles. The number of anilines is 1. The third-order valence-electron chi connectivity index (χ3n) is 6.87. The van der Waals surface area contributed by atoms with Gasteiger partial charge in [0.05, 0.1) is 17.6 Å². The number of benzene rings is 2. The van der Waals surface area contributed by atoms with Crippen LogP contribution in [-0.4, -0.2) is 66.5 Å². The number of rotatable bonds is 6. The van der Waals surface area contributed by atoms with Crippen LogP contribution < -0.4 is 4.90 Å². The van der Waals surface area contributed by atoms with Crippen LogP contribution in [0.1, 0.15) is 12.5 Å². The van der Waals surface area contributed by atoms with Gasteiger partial charge in [-0.15, -0.1) is 0 Å². The molecule has 1 saturated heterocycles. The molecular formula is C24H27F2N7O. The van der Waals surface area contributed by atoms with Gasteiger partial charge >= 0.3 is 0 Å². The number of aliphatic hydroxyl groups is 1. The van der Waals surface area contributed by atoms with Gasteiger partial charge in [-0.2, -0.15) is 5.10 Å². The number of nitrogens with zero attached hydrogens (tertiary/aromatic N) is 7. The Morgan fingerprint density at radius 1 is 1.09 bits per heavy atom. The van der Waals surface area contributed by atoms with E-state index < -0.39 is 23.3 Å². The van der Waals surface area contributed by atoms with Crippen molar-refractivity contribution in [3.05, 3.63) is 72.3 Å². The molecule has 2 atom stereocenters. The summed E-state index contributed by atoms with van der Waals surface area (Å²) in [7, 11) is 2.01. The highest BCUT2D eigenvalue weighted by atomic mass is 19.1. The van der Waals surface area contributed by atoms with Gasteiger partial charge < -0.3 is 14.6 Å². The van der Waals surface area contributed by atoms with Gasteiger partial charge in [0.25, 0.3) is 0 Å². The van der Waals surface area contributed by atoms with Crippen molar-refractivity contribution in [3.63, 3.8) is 0 Å². The zero-order valence-electron chi connectivity index (χ0n) is 19.1. The van der Waals surface area contributed by atoms with Crippen molar-refractivity contribution in [2.45, 2.75) is 25.1 Å². The lowest BCUT2D eigenvalue weighted by Crippen LogP contribution is -2.57. The number of piperazine rings is 1. The highest BCUT2D eigenvalue weighted by Crippen LogP contribution is 2.33. The third-order valence-corrected chi connectivity index (χ3v) is 6.87. The normalized spacial score (nSPS) is 17.7. The van der Waals surface area contributed by atoms with Crippen molar-refractivity contribution in [2.75, 3.05) is 31.1 Å². The number of aryl methyl sites for hydroxylation is 1. The van der Waals surface area contributed by atoms with E-state index in [-0.39, 0.29) is 12.1 Å². The zero-order chi connectivity index (χ0) is 23.9. The van der Waals surface area contributed by atoms with E-state index >= 15 is 0 Å². The summed E-state index contributed by atoms with van der Waals surface area (Å²) in [6.45, 7) is 4.55. The van der Waals surface area contributed by atoms with E-state index in [1.165, 1.54) is 29.5 Å². The summed E-state index contributed by atoms with van der Waals surface area (Å²) < 4.78 is 32.0. The molecule has 1 N–H and O–H groups in total. The first kappa shape index (κ1) is 22.4. The van der Waals surface area contributed by atoms with Gasteiger partial charge in [0.1, 0.15) is 29.9 Å². The van der Waals surface area contributed by atoms with E-state index in [9.17, 15) is 13.9 Å². The monoisotopic (exact) mass is 467 g/mol. The van der Waals surface area contributed by atoms with Crippen molar-refractivity contribution in [2.24, 2.45) is 7.05 Å². The van der Waals surface area contributed by atoms with Crippen LogP contribution in [0.5, 0.6) is 0 Å². The van der Waals surface area contributed by atoms with E-state index in [2.05, 4.69) is 24.4 Å². The number of imidazole rings is 1. The standard InChI is InChI=1S/C24H27F2N7O/c1-17(24(34,14-33-16-27-15-28-33)19-8-7-18(25)13-20(19)26)31-9-11-32(12-10-31)23-29-21-5-3-4-6-22(21)30(23)2/h3-8,13,15-17,34H,9-12,14H2,1-2H3. The molecule has 0 bridgehead atoms. The number of hydrogen-bond acceptors (Lipinski definition) is 6. The van der Waals surface area contributed by atoms with Crippen molar-refractivity contribution in [3.8, 4) is 0 Å². The minimum atomic E-state index is -1.65. The van der Waals surface area contributed by atoms with Gasteiger partial charge in [0.15, 0.2) is 0 Å². The van der Waals surface area contributed by atoms with E-state index in [1.54, 1.807) is 0 Å². The van der Waals surface area contributed by atoms with E-state index in [1.807, 2.05) is 38.2 Å².